The number of carbonyl (C=O) groups excluding carboxylic acids is 2. The summed E-state index contributed by atoms with van der Waals surface area (Å²) in [6.45, 7) is -1.04. The Labute approximate surface area is 340 Å². The van der Waals surface area contributed by atoms with E-state index >= 15 is 0 Å². The summed E-state index contributed by atoms with van der Waals surface area (Å²) in [5.74, 6) is -1.37. The Morgan fingerprint density at radius 3 is 2.31 bits per heavy atom. The number of anilines is 2. The SMILES string of the molecule is C[C@@H](NC(=O)OCc1ccc(N=[N+]=[N-])cc1)C(=O)O[C@H]1[C@@H](O)[C@H](n2cnc3c(N)ncnc32)O[C@@H]1COP(=O)(O)O[C@H]1[C@@H](O)[C@H](n2ccc(N)nc2=O)O[C@@H]1COP(=O)(O)O. The van der Waals surface area contributed by atoms with E-state index in [0.717, 1.165) is 23.2 Å². The molecule has 6 rings (SSSR count). The zero-order valence-electron chi connectivity index (χ0n) is 31.1. The molecule has 2 aliphatic rings. The van der Waals surface area contributed by atoms with Gasteiger partial charge < -0.3 is 60.6 Å². The van der Waals surface area contributed by atoms with Crippen molar-refractivity contribution in [3.63, 3.8) is 0 Å². The molecule has 1 aromatic carbocycles. The molecular formula is C30H36N12O17P2. The van der Waals surface area contributed by atoms with Crippen LogP contribution in [0.5, 0.6) is 0 Å². The molecule has 1 amide bonds. The average molecular weight is 899 g/mol. The zero-order chi connectivity index (χ0) is 44.2. The Kier molecular flexibility index (Phi) is 13.6. The molecule has 0 saturated carbocycles. The van der Waals surface area contributed by atoms with Crippen molar-refractivity contribution in [3.05, 3.63) is 75.7 Å². The van der Waals surface area contributed by atoms with Gasteiger partial charge in [0.05, 0.1) is 19.5 Å². The number of alkyl carbamates (subject to hydrolysis) is 1. The van der Waals surface area contributed by atoms with Crippen LogP contribution in [0.3, 0.4) is 0 Å². The lowest BCUT2D eigenvalue weighted by Gasteiger charge is -2.25. The number of imidazole rings is 1. The van der Waals surface area contributed by atoms with Gasteiger partial charge in [-0.3, -0.25) is 22.7 Å². The number of esters is 1. The van der Waals surface area contributed by atoms with Gasteiger partial charge in [-0.1, -0.05) is 29.4 Å². The maximum absolute atomic E-state index is 13.4. The number of aromatic nitrogens is 6. The molecule has 0 bridgehead atoms. The van der Waals surface area contributed by atoms with E-state index < -0.39 is 102 Å². The van der Waals surface area contributed by atoms with Crippen LogP contribution in [0.1, 0.15) is 24.9 Å². The molecule has 31 heteroatoms. The van der Waals surface area contributed by atoms with Gasteiger partial charge in [-0.15, -0.1) is 0 Å². The average Bonchev–Trinajstić information content (AvgIpc) is 3.86. The number of phosphoric ester groups is 2. The first-order valence-corrected chi connectivity index (χ1v) is 20.4. The number of nitrogen functional groups attached to an aromatic ring is 2. The Bertz CT molecular complexity index is 2450. The molecule has 0 aliphatic carbocycles. The highest BCUT2D eigenvalue weighted by Gasteiger charge is 2.52. The maximum Gasteiger partial charge on any atom is 0.472 e. The number of aliphatic hydroxyl groups is 2. The van der Waals surface area contributed by atoms with Gasteiger partial charge in [-0.05, 0) is 24.1 Å². The molecule has 0 spiro atoms. The molecule has 2 aliphatic heterocycles. The van der Waals surface area contributed by atoms with Gasteiger partial charge in [-0.2, -0.15) is 4.98 Å². The standard InChI is InChI=1S/C30H36N12O17P2/c1-13(37-30(47)53-8-14-2-4-15(5-3-14)39-40-33)28(45)58-22-16(56-27(20(22)43)42-12-36-19-24(32)34-11-35-25(19)42)10-55-61(51,52)59-23-17(9-54-60(48,49)50)57-26(21(23)44)41-7-6-18(31)38-29(41)46/h2-7,11-13,16-17,20-23,26-27,43-44H,8-10H2,1H3,(H,37,47)(H,51,52)(H2,31,38,46)(H2,32,34,35)(H2,48,49,50)/t13-,16-,17-,20-,21-,22-,23-,26-,27-/m1/s1. The molecule has 2 fully saturated rings. The molecule has 10 N–H and O–H groups in total. The van der Waals surface area contributed by atoms with E-state index in [-0.39, 0.29) is 29.4 Å². The predicted octanol–water partition coefficient (Wildman–Crippen LogP) is -0.456. The van der Waals surface area contributed by atoms with Crippen molar-refractivity contribution in [1.29, 1.82) is 0 Å². The van der Waals surface area contributed by atoms with Crippen molar-refractivity contribution in [2.24, 2.45) is 5.11 Å². The molecule has 0 radical (unpaired) electrons. The fraction of sp³-hybridized carbons (Fsp3) is 0.433. The normalized spacial score (nSPS) is 25.3. The first-order chi connectivity index (χ1) is 28.8. The summed E-state index contributed by atoms with van der Waals surface area (Å²) in [5.41, 5.74) is 19.9. The van der Waals surface area contributed by atoms with Crippen LogP contribution >= 0.6 is 15.6 Å². The molecule has 328 valence electrons. The van der Waals surface area contributed by atoms with Crippen LogP contribution in [0, 0.1) is 0 Å². The highest BCUT2D eigenvalue weighted by molar-refractivity contribution is 7.47. The van der Waals surface area contributed by atoms with E-state index in [0.29, 0.717) is 11.3 Å². The lowest BCUT2D eigenvalue weighted by atomic mass is 10.1. The number of carbonyl (C=O) groups is 2. The van der Waals surface area contributed by atoms with Gasteiger partial charge in [0, 0.05) is 16.8 Å². The summed E-state index contributed by atoms with van der Waals surface area (Å²) in [7, 11) is -10.6. The summed E-state index contributed by atoms with van der Waals surface area (Å²) in [6, 6.07) is 5.79. The van der Waals surface area contributed by atoms with Crippen molar-refractivity contribution in [2.75, 3.05) is 24.7 Å². The summed E-state index contributed by atoms with van der Waals surface area (Å²) in [5, 5.41) is 28.3. The molecule has 3 aromatic heterocycles. The summed E-state index contributed by atoms with van der Waals surface area (Å²) in [4.78, 5) is 86.0. The number of benzene rings is 1. The Morgan fingerprint density at radius 2 is 1.64 bits per heavy atom. The quantitative estimate of drug-likeness (QED) is 0.0232. The molecule has 10 atom stereocenters. The third-order valence-electron chi connectivity index (χ3n) is 8.88. The van der Waals surface area contributed by atoms with E-state index in [1.54, 1.807) is 0 Å². The van der Waals surface area contributed by atoms with Crippen molar-refractivity contribution >= 4 is 56.2 Å². The maximum atomic E-state index is 13.4. The highest BCUT2D eigenvalue weighted by Crippen LogP contribution is 2.50. The van der Waals surface area contributed by atoms with E-state index in [1.165, 1.54) is 42.1 Å². The second kappa shape index (κ2) is 18.5. The molecule has 61 heavy (non-hydrogen) atoms. The van der Waals surface area contributed by atoms with Crippen LogP contribution in [0.25, 0.3) is 21.6 Å². The van der Waals surface area contributed by atoms with Crippen molar-refractivity contribution < 1.29 is 76.1 Å². The van der Waals surface area contributed by atoms with Gasteiger partial charge in [-0.25, -0.2) is 38.5 Å². The lowest BCUT2D eigenvalue weighted by Crippen LogP contribution is -2.45. The van der Waals surface area contributed by atoms with Gasteiger partial charge in [0.15, 0.2) is 30.0 Å². The molecule has 1 unspecified atom stereocenters. The molecule has 4 aromatic rings. The van der Waals surface area contributed by atoms with Gasteiger partial charge in [0.1, 0.15) is 60.8 Å². The minimum atomic E-state index is -5.42. The van der Waals surface area contributed by atoms with Crippen LogP contribution in [-0.2, 0) is 53.1 Å². The first kappa shape index (κ1) is 44.9. The predicted molar refractivity (Wildman–Crippen MR) is 199 cm³/mol. The number of hydrogen-bond donors (Lipinski definition) is 8. The van der Waals surface area contributed by atoms with Crippen LogP contribution in [0.2, 0.25) is 0 Å². The number of nitrogens with two attached hydrogens (primary N) is 2. The number of phosphoric acid groups is 2. The Hall–Kier alpha value is -5.64. The second-order valence-electron chi connectivity index (χ2n) is 13.1. The number of nitrogens with zero attached hydrogens (tertiary/aromatic N) is 9. The third-order valence-corrected chi connectivity index (χ3v) is 10.3. The van der Waals surface area contributed by atoms with Crippen molar-refractivity contribution in [1.82, 2.24) is 34.4 Å². The largest absolute Gasteiger partial charge is 0.472 e. The van der Waals surface area contributed by atoms with Gasteiger partial charge in [0.2, 0.25) is 0 Å². The fourth-order valence-electron chi connectivity index (χ4n) is 6.01. The molecular weight excluding hydrogens is 862 g/mol. The van der Waals surface area contributed by atoms with E-state index in [4.69, 9.17) is 45.0 Å². The fourth-order valence-corrected chi connectivity index (χ4v) is 7.32. The van der Waals surface area contributed by atoms with Crippen molar-refractivity contribution in [2.45, 2.75) is 68.7 Å². The number of fused-ring (bicyclic) bond motifs is 1. The number of ether oxygens (including phenoxy) is 4. The number of rotatable bonds is 16. The Morgan fingerprint density at radius 1 is 0.984 bits per heavy atom. The van der Waals surface area contributed by atoms with Crippen LogP contribution < -0.4 is 22.5 Å². The highest BCUT2D eigenvalue weighted by atomic mass is 31.2. The number of amides is 1. The van der Waals surface area contributed by atoms with Gasteiger partial charge in [0.25, 0.3) is 0 Å². The van der Waals surface area contributed by atoms with Crippen LogP contribution in [0.4, 0.5) is 22.1 Å². The van der Waals surface area contributed by atoms with E-state index in [2.05, 4.69) is 39.8 Å². The number of nitrogens with one attached hydrogen (secondary N) is 1. The number of aliphatic hydroxyl groups excluding tert-OH is 2. The topological polar surface area (TPSA) is 425 Å². The zero-order valence-corrected chi connectivity index (χ0v) is 32.9. The first-order valence-electron chi connectivity index (χ1n) is 17.4. The molecule has 5 heterocycles. The van der Waals surface area contributed by atoms with E-state index in [9.17, 15) is 48.4 Å². The smallest absolute Gasteiger partial charge is 0.455 e. The second-order valence-corrected chi connectivity index (χ2v) is 15.7. The van der Waals surface area contributed by atoms with Crippen LogP contribution in [0.15, 0.2) is 59.1 Å². The number of azide groups is 1. The monoisotopic (exact) mass is 898 g/mol. The Balaban J connectivity index is 1.17. The van der Waals surface area contributed by atoms with Crippen LogP contribution in [-0.4, -0.2) is 122 Å². The minimum absolute atomic E-state index is 0.0308. The summed E-state index contributed by atoms with van der Waals surface area (Å²) in [6.07, 6.45) is -11.7. The molecule has 2 saturated heterocycles. The van der Waals surface area contributed by atoms with Crippen molar-refractivity contribution in [3.8, 4) is 0 Å². The summed E-state index contributed by atoms with van der Waals surface area (Å²) >= 11 is 0. The third kappa shape index (κ3) is 10.8. The lowest BCUT2D eigenvalue weighted by molar-refractivity contribution is -0.158. The van der Waals surface area contributed by atoms with Gasteiger partial charge >= 0.3 is 33.4 Å². The molecule has 29 nitrogen and oxygen atoms in total. The minimum Gasteiger partial charge on any atom is -0.455 e. The number of hydrogen-bond acceptors (Lipinski definition) is 21. The van der Waals surface area contributed by atoms with E-state index in [1.807, 2.05) is 0 Å². The summed E-state index contributed by atoms with van der Waals surface area (Å²) < 4.78 is 63.8.